The molecule has 4 rings (SSSR count). The van der Waals surface area contributed by atoms with Crippen LogP contribution in [-0.2, 0) is 31.2 Å². The van der Waals surface area contributed by atoms with Crippen LogP contribution in [0.3, 0.4) is 0 Å². The van der Waals surface area contributed by atoms with E-state index in [1.165, 1.54) is 11.0 Å². The van der Waals surface area contributed by atoms with Crippen LogP contribution in [0.5, 0.6) is 5.75 Å². The van der Waals surface area contributed by atoms with Crippen LogP contribution in [0.25, 0.3) is 5.76 Å². The summed E-state index contributed by atoms with van der Waals surface area (Å²) in [5.74, 6) is -6.54. The molecule has 3 aliphatic rings. The maximum Gasteiger partial charge on any atom is 0.394 e. The first-order chi connectivity index (χ1) is 17.3. The van der Waals surface area contributed by atoms with E-state index in [-0.39, 0.29) is 35.9 Å². The third-order valence-electron chi connectivity index (χ3n) is 7.06. The van der Waals surface area contributed by atoms with Crippen molar-refractivity contribution in [2.45, 2.75) is 24.5 Å². The number of benzene rings is 1. The normalized spacial score (nSPS) is 26.1. The van der Waals surface area contributed by atoms with Crippen molar-refractivity contribution in [3.63, 3.8) is 0 Å². The second-order valence-corrected chi connectivity index (χ2v) is 10.7. The zero-order chi connectivity index (χ0) is 29.1. The summed E-state index contributed by atoms with van der Waals surface area (Å²) in [7, 11) is 2.08. The monoisotopic (exact) mass is 572 g/mol. The lowest BCUT2D eigenvalue weighted by molar-refractivity contribution is -0.153. The average molecular weight is 573 g/mol. The van der Waals surface area contributed by atoms with E-state index < -0.39 is 68.4 Å². The number of aliphatic hydroxyl groups is 3. The predicted octanol–water partition coefficient (Wildman–Crippen LogP) is -0.461. The van der Waals surface area contributed by atoms with E-state index in [1.54, 1.807) is 20.2 Å². The van der Waals surface area contributed by atoms with Crippen LogP contribution in [-0.4, -0.2) is 100 Å². The first-order valence-corrected chi connectivity index (χ1v) is 12.6. The van der Waals surface area contributed by atoms with Crippen molar-refractivity contribution < 1.29 is 52.3 Å². The lowest BCUT2D eigenvalue weighted by Gasteiger charge is -2.50. The number of anilines is 1. The van der Waals surface area contributed by atoms with Gasteiger partial charge in [0.1, 0.15) is 22.8 Å². The second kappa shape index (κ2) is 10.6. The summed E-state index contributed by atoms with van der Waals surface area (Å²) in [6.07, 6.45) is 0.324. The van der Waals surface area contributed by atoms with Gasteiger partial charge in [-0.3, -0.25) is 28.4 Å². The number of rotatable bonds is 3. The number of nitrogens with two attached hydrogens (primary N) is 1. The van der Waals surface area contributed by atoms with Gasteiger partial charge in [0.2, 0.25) is 5.78 Å². The van der Waals surface area contributed by atoms with Gasteiger partial charge < -0.3 is 37.2 Å². The maximum absolute atomic E-state index is 13.7. The molecule has 1 aromatic rings. The van der Waals surface area contributed by atoms with Crippen molar-refractivity contribution in [2.75, 3.05) is 33.1 Å². The van der Waals surface area contributed by atoms with E-state index in [0.717, 1.165) is 5.69 Å². The molecule has 15 nitrogen and oxygen atoms in total. The molecule has 4 atom stereocenters. The summed E-state index contributed by atoms with van der Waals surface area (Å²) in [6, 6.07) is 2.01. The molecule has 39 heavy (non-hydrogen) atoms. The molecular weight excluding hydrogens is 540 g/mol. The molecular formula is C23H32N4O11S. The Morgan fingerprint density at radius 2 is 1.62 bits per heavy atom. The maximum atomic E-state index is 13.7. The lowest BCUT2D eigenvalue weighted by Crippen LogP contribution is -2.65. The number of phenolic OH excluding ortho intramolecular Hbond substituents is 1. The summed E-state index contributed by atoms with van der Waals surface area (Å²) in [6.45, 7) is 0. The van der Waals surface area contributed by atoms with Gasteiger partial charge in [-0.1, -0.05) is 0 Å². The minimum Gasteiger partial charge on any atom is -0.508 e. The summed E-state index contributed by atoms with van der Waals surface area (Å²) < 4.78 is 31.6. The topological polar surface area (TPSA) is 274 Å². The third kappa shape index (κ3) is 5.21. The van der Waals surface area contributed by atoms with E-state index in [1.807, 2.05) is 19.0 Å². The molecule has 0 saturated heterocycles. The number of Topliss-reactive ketones (excluding diaryl/α,β-unsaturated/α-hetero) is 2. The van der Waals surface area contributed by atoms with Gasteiger partial charge in [-0.15, -0.1) is 0 Å². The van der Waals surface area contributed by atoms with Crippen LogP contribution in [0.15, 0.2) is 29.0 Å². The number of aromatic hydroxyl groups is 1. The van der Waals surface area contributed by atoms with Gasteiger partial charge in [0.05, 0.1) is 11.6 Å². The molecule has 11 N–H and O–H groups in total. The number of ketones is 2. The van der Waals surface area contributed by atoms with Crippen molar-refractivity contribution in [3.8, 4) is 5.75 Å². The van der Waals surface area contributed by atoms with Crippen LogP contribution in [0.4, 0.5) is 5.69 Å². The largest absolute Gasteiger partial charge is 0.508 e. The molecule has 16 heteroatoms. The Kier molecular flexibility index (Phi) is 8.57. The van der Waals surface area contributed by atoms with Crippen LogP contribution < -0.4 is 16.8 Å². The van der Waals surface area contributed by atoms with Crippen LogP contribution >= 0.6 is 0 Å². The van der Waals surface area contributed by atoms with Gasteiger partial charge in [-0.25, -0.2) is 0 Å². The van der Waals surface area contributed by atoms with Crippen molar-refractivity contribution in [2.24, 2.45) is 17.6 Å². The number of nitrogens with zero attached hydrogens (tertiary/aromatic N) is 2. The minimum atomic E-state index is -4.67. The van der Waals surface area contributed by atoms with E-state index in [9.17, 15) is 34.8 Å². The molecule has 0 spiro atoms. The highest BCUT2D eigenvalue weighted by atomic mass is 32.3. The fraction of sp³-hybridized carbons (Fsp3) is 0.435. The summed E-state index contributed by atoms with van der Waals surface area (Å²) in [5.41, 5.74) is 3.15. The Labute approximate surface area is 224 Å². The number of primary amides is 1. The van der Waals surface area contributed by atoms with Crippen molar-refractivity contribution in [1.82, 2.24) is 11.1 Å². The quantitative estimate of drug-likeness (QED) is 0.168. The van der Waals surface area contributed by atoms with Gasteiger partial charge in [-0.05, 0) is 50.6 Å². The lowest BCUT2D eigenvalue weighted by atomic mass is 9.57. The van der Waals surface area contributed by atoms with E-state index in [2.05, 4.69) is 0 Å². The van der Waals surface area contributed by atoms with Crippen molar-refractivity contribution >= 4 is 39.3 Å². The molecule has 0 unspecified atom stereocenters. The summed E-state index contributed by atoms with van der Waals surface area (Å²) in [4.78, 5) is 42.0. The number of fused-ring (bicyclic) bond motifs is 3. The summed E-state index contributed by atoms with van der Waals surface area (Å²) >= 11 is 0. The number of carbonyl (C=O) groups excluding carboxylic acids is 3. The van der Waals surface area contributed by atoms with Crippen molar-refractivity contribution in [1.29, 1.82) is 0 Å². The van der Waals surface area contributed by atoms with E-state index >= 15 is 0 Å². The van der Waals surface area contributed by atoms with Crippen molar-refractivity contribution in [3.05, 3.63) is 40.2 Å². The fourth-order valence-electron chi connectivity index (χ4n) is 5.65. The molecule has 1 fully saturated rings. The average Bonchev–Trinajstić information content (AvgIpc) is 2.74. The zero-order valence-corrected chi connectivity index (χ0v) is 22.4. The summed E-state index contributed by atoms with van der Waals surface area (Å²) in [5, 5.41) is 43.9. The van der Waals surface area contributed by atoms with E-state index in [0.29, 0.717) is 5.56 Å². The second-order valence-electron chi connectivity index (χ2n) is 9.76. The van der Waals surface area contributed by atoms with Crippen LogP contribution in [0, 0.1) is 11.8 Å². The van der Waals surface area contributed by atoms with Crippen LogP contribution in [0.2, 0.25) is 0 Å². The molecule has 0 radical (unpaired) electrons. The molecule has 1 aromatic carbocycles. The first-order valence-electron chi connectivity index (χ1n) is 11.2. The molecule has 1 saturated carbocycles. The molecule has 216 valence electrons. The highest BCUT2D eigenvalue weighted by molar-refractivity contribution is 7.79. The Morgan fingerprint density at radius 3 is 2.08 bits per heavy atom. The Bertz CT molecular complexity index is 1390. The Morgan fingerprint density at radius 1 is 1.08 bits per heavy atom. The standard InChI is InChI=1S/C23H27N3O7.H3N.H2O4S/c1-25(2)12-5-6-13(27)15-10(12)7-9-8-11-17(26(3)4)19(29)16(22(24)32)21(31)23(11,33)20(30)14(9)18(15)28;;1-5(2,3)4/h5-6,9,11,17,27-28,31,33H,7-8H2,1-4H3,(H2,24,32);1H3;(H2,1,2,3,4)/t9-,11-,17-,23-;;/m0../s1. The molecule has 1 amide bonds. The van der Waals surface area contributed by atoms with Gasteiger partial charge in [0.25, 0.3) is 5.91 Å². The van der Waals surface area contributed by atoms with Gasteiger partial charge in [-0.2, -0.15) is 8.42 Å². The number of phenols is 1. The Hall–Kier alpha value is -3.54. The van der Waals surface area contributed by atoms with Crippen LogP contribution in [0.1, 0.15) is 17.5 Å². The number of aliphatic hydroxyl groups excluding tert-OH is 2. The smallest absolute Gasteiger partial charge is 0.394 e. The molecule has 0 bridgehead atoms. The molecule has 0 heterocycles. The number of hydrogen-bond donors (Lipinski definition) is 8. The number of amides is 1. The zero-order valence-electron chi connectivity index (χ0n) is 21.6. The number of carbonyl (C=O) groups is 3. The highest BCUT2D eigenvalue weighted by Gasteiger charge is 2.64. The van der Waals surface area contributed by atoms with E-state index in [4.69, 9.17) is 23.3 Å². The highest BCUT2D eigenvalue weighted by Crippen LogP contribution is 2.53. The minimum absolute atomic E-state index is 0. The van der Waals surface area contributed by atoms with Gasteiger partial charge in [0, 0.05) is 31.3 Å². The third-order valence-corrected chi connectivity index (χ3v) is 7.06. The SMILES string of the molecule is CN(C)c1ccc(O)c2c1C[C@H]1C[C@H]3[C@H](N(C)C)C(=O)C(C(N)=O)=C(O)[C@@]3(O)C(=O)C1=C2O.N.O=S(=O)(O)O. The number of hydrogen-bond acceptors (Lipinski definition) is 12. The van der Waals surface area contributed by atoms with Gasteiger partial charge >= 0.3 is 10.4 Å². The Balaban J connectivity index is 0.000000816. The first kappa shape index (κ1) is 31.7. The predicted molar refractivity (Wildman–Crippen MR) is 138 cm³/mol. The number of likely N-dealkylation sites (N-methyl/N-ethyl adjacent to an activating group) is 1. The fourth-order valence-corrected chi connectivity index (χ4v) is 5.65. The molecule has 0 aliphatic heterocycles. The molecule has 3 aliphatic carbocycles. The van der Waals surface area contributed by atoms with Gasteiger partial charge in [0.15, 0.2) is 11.4 Å². The molecule has 0 aromatic heterocycles.